The topological polar surface area (TPSA) is 43.8 Å². The zero-order valence-electron chi connectivity index (χ0n) is 8.41. The minimum atomic E-state index is 0.278. The summed E-state index contributed by atoms with van der Waals surface area (Å²) in [6, 6.07) is 0.278. The monoisotopic (exact) mass is 213 g/mol. The highest BCUT2D eigenvalue weighted by atomic mass is 35.5. The summed E-state index contributed by atoms with van der Waals surface area (Å²) in [6.45, 7) is 3.07. The number of aromatic nitrogens is 2. The predicted molar refractivity (Wildman–Crippen MR) is 57.5 cm³/mol. The molecule has 0 spiro atoms. The minimum Gasteiger partial charge on any atom is -0.327 e. The van der Waals surface area contributed by atoms with Crippen LogP contribution in [0.3, 0.4) is 0 Å². The van der Waals surface area contributed by atoms with E-state index in [-0.39, 0.29) is 6.04 Å². The van der Waals surface area contributed by atoms with Crippen LogP contribution in [0.15, 0.2) is 6.20 Å². The first kappa shape index (κ1) is 9.99. The van der Waals surface area contributed by atoms with Crippen molar-refractivity contribution in [3.8, 4) is 0 Å². The van der Waals surface area contributed by atoms with Crippen molar-refractivity contribution in [3.05, 3.63) is 16.9 Å². The van der Waals surface area contributed by atoms with Crippen molar-refractivity contribution >= 4 is 11.6 Å². The molecular weight excluding hydrogens is 198 g/mol. The third kappa shape index (κ3) is 1.55. The summed E-state index contributed by atoms with van der Waals surface area (Å²) in [5.41, 5.74) is 7.09. The highest BCUT2D eigenvalue weighted by molar-refractivity contribution is 6.31. The van der Waals surface area contributed by atoms with E-state index in [1.54, 1.807) is 6.20 Å². The summed E-state index contributed by atoms with van der Waals surface area (Å²) < 4.78 is 2.01. The maximum absolute atomic E-state index is 6.11. The largest absolute Gasteiger partial charge is 0.327 e. The second-order valence-corrected chi connectivity index (χ2v) is 4.36. The van der Waals surface area contributed by atoms with E-state index in [0.717, 1.165) is 36.5 Å². The molecule has 78 valence electrons. The predicted octanol–water partition coefficient (Wildman–Crippen LogP) is 2.15. The van der Waals surface area contributed by atoms with Gasteiger partial charge >= 0.3 is 0 Å². The molecule has 0 aromatic carbocycles. The first-order valence-electron chi connectivity index (χ1n) is 5.20. The number of nitrogens with zero attached hydrogens (tertiary/aromatic N) is 2. The summed E-state index contributed by atoms with van der Waals surface area (Å²) in [4.78, 5) is 0. The standard InChI is InChI=1S/C10H16ClN3/c1-2-5-14-10(8(11)6-13-14)7-3-4-9(7)12/h6-7,9H,2-5,12H2,1H3. The van der Waals surface area contributed by atoms with Crippen LogP contribution in [0.5, 0.6) is 0 Å². The van der Waals surface area contributed by atoms with Crippen LogP contribution in [0.2, 0.25) is 5.02 Å². The van der Waals surface area contributed by atoms with Crippen molar-refractivity contribution in [2.75, 3.05) is 0 Å². The molecule has 2 unspecified atom stereocenters. The van der Waals surface area contributed by atoms with Gasteiger partial charge in [-0.1, -0.05) is 18.5 Å². The second-order valence-electron chi connectivity index (χ2n) is 3.95. The molecule has 0 aliphatic heterocycles. The Morgan fingerprint density at radius 3 is 2.93 bits per heavy atom. The van der Waals surface area contributed by atoms with Crippen molar-refractivity contribution in [2.45, 2.75) is 44.7 Å². The molecule has 0 radical (unpaired) electrons. The van der Waals surface area contributed by atoms with Crippen molar-refractivity contribution in [1.29, 1.82) is 0 Å². The Morgan fingerprint density at radius 1 is 1.64 bits per heavy atom. The Kier molecular flexibility index (Phi) is 2.79. The number of hydrogen-bond acceptors (Lipinski definition) is 2. The van der Waals surface area contributed by atoms with E-state index in [1.165, 1.54) is 0 Å². The summed E-state index contributed by atoms with van der Waals surface area (Å²) >= 11 is 6.11. The molecule has 0 saturated heterocycles. The molecule has 1 aliphatic rings. The fourth-order valence-corrected chi connectivity index (χ4v) is 2.28. The highest BCUT2D eigenvalue weighted by Gasteiger charge is 2.33. The van der Waals surface area contributed by atoms with Gasteiger partial charge in [-0.25, -0.2) is 0 Å². The Bertz CT molecular complexity index is 321. The average molecular weight is 214 g/mol. The van der Waals surface area contributed by atoms with Gasteiger partial charge in [0.1, 0.15) is 0 Å². The number of halogens is 1. The summed E-state index contributed by atoms with van der Waals surface area (Å²) in [6.07, 6.45) is 5.07. The van der Waals surface area contributed by atoms with Gasteiger partial charge in [-0.3, -0.25) is 4.68 Å². The quantitative estimate of drug-likeness (QED) is 0.836. The van der Waals surface area contributed by atoms with E-state index in [1.807, 2.05) is 4.68 Å². The van der Waals surface area contributed by atoms with Crippen LogP contribution in [0.25, 0.3) is 0 Å². The van der Waals surface area contributed by atoms with E-state index >= 15 is 0 Å². The molecule has 14 heavy (non-hydrogen) atoms. The smallest absolute Gasteiger partial charge is 0.0821 e. The molecule has 1 aromatic rings. The molecule has 1 aliphatic carbocycles. The van der Waals surface area contributed by atoms with Crippen molar-refractivity contribution in [1.82, 2.24) is 9.78 Å². The van der Waals surface area contributed by atoms with Gasteiger partial charge in [0, 0.05) is 18.5 Å². The first-order valence-corrected chi connectivity index (χ1v) is 5.58. The Hall–Kier alpha value is -0.540. The number of hydrogen-bond donors (Lipinski definition) is 1. The third-order valence-corrected chi connectivity index (χ3v) is 3.24. The average Bonchev–Trinajstić information content (AvgIpc) is 2.49. The third-order valence-electron chi connectivity index (χ3n) is 2.95. The molecule has 3 nitrogen and oxygen atoms in total. The fourth-order valence-electron chi connectivity index (χ4n) is 2.00. The lowest BCUT2D eigenvalue weighted by Gasteiger charge is -2.34. The van der Waals surface area contributed by atoms with Crippen molar-refractivity contribution in [2.24, 2.45) is 5.73 Å². The van der Waals surface area contributed by atoms with E-state index in [9.17, 15) is 0 Å². The SMILES string of the molecule is CCCn1ncc(Cl)c1C1CCC1N. The van der Waals surface area contributed by atoms with Crippen LogP contribution < -0.4 is 5.73 Å². The molecule has 2 N–H and O–H groups in total. The number of aryl methyl sites for hydroxylation is 1. The summed E-state index contributed by atoms with van der Waals surface area (Å²) in [5, 5.41) is 5.05. The maximum Gasteiger partial charge on any atom is 0.0821 e. The Morgan fingerprint density at radius 2 is 2.43 bits per heavy atom. The van der Waals surface area contributed by atoms with Crippen LogP contribution in [0.1, 0.15) is 37.8 Å². The lowest BCUT2D eigenvalue weighted by Crippen LogP contribution is -2.38. The van der Waals surface area contributed by atoms with Gasteiger partial charge in [0.25, 0.3) is 0 Å². The van der Waals surface area contributed by atoms with Crippen LogP contribution in [0.4, 0.5) is 0 Å². The summed E-state index contributed by atoms with van der Waals surface area (Å²) in [7, 11) is 0. The maximum atomic E-state index is 6.11. The molecule has 1 saturated carbocycles. The normalized spacial score (nSPS) is 26.2. The zero-order valence-corrected chi connectivity index (χ0v) is 9.17. The number of rotatable bonds is 3. The lowest BCUT2D eigenvalue weighted by molar-refractivity contribution is 0.325. The fraction of sp³-hybridized carbons (Fsp3) is 0.700. The van der Waals surface area contributed by atoms with E-state index in [0.29, 0.717) is 5.92 Å². The van der Waals surface area contributed by atoms with Gasteiger partial charge in [-0.15, -0.1) is 0 Å². The molecule has 1 heterocycles. The van der Waals surface area contributed by atoms with Crippen molar-refractivity contribution in [3.63, 3.8) is 0 Å². The van der Waals surface area contributed by atoms with Gasteiger partial charge < -0.3 is 5.73 Å². The molecule has 2 rings (SSSR count). The molecule has 1 fully saturated rings. The minimum absolute atomic E-state index is 0.278. The Labute approximate surface area is 89.2 Å². The van der Waals surface area contributed by atoms with Crippen LogP contribution >= 0.6 is 11.6 Å². The highest BCUT2D eigenvalue weighted by Crippen LogP contribution is 2.38. The zero-order chi connectivity index (χ0) is 10.1. The van der Waals surface area contributed by atoms with Crippen LogP contribution in [-0.4, -0.2) is 15.8 Å². The Balaban J connectivity index is 2.25. The molecule has 2 atom stereocenters. The van der Waals surface area contributed by atoms with Gasteiger partial charge in [0.05, 0.1) is 16.9 Å². The van der Waals surface area contributed by atoms with E-state index < -0.39 is 0 Å². The summed E-state index contributed by atoms with van der Waals surface area (Å²) in [5.74, 6) is 0.427. The molecule has 4 heteroatoms. The van der Waals surface area contributed by atoms with Crippen molar-refractivity contribution < 1.29 is 0 Å². The first-order chi connectivity index (χ1) is 6.74. The van der Waals surface area contributed by atoms with Gasteiger partial charge in [0.15, 0.2) is 0 Å². The van der Waals surface area contributed by atoms with Gasteiger partial charge in [0.2, 0.25) is 0 Å². The molecule has 0 amide bonds. The lowest BCUT2D eigenvalue weighted by atomic mass is 9.78. The molecule has 1 aromatic heterocycles. The molecule has 0 bridgehead atoms. The molecular formula is C10H16ClN3. The van der Waals surface area contributed by atoms with Crippen LogP contribution in [0, 0.1) is 0 Å². The van der Waals surface area contributed by atoms with E-state index in [2.05, 4.69) is 12.0 Å². The van der Waals surface area contributed by atoms with Gasteiger partial charge in [-0.05, 0) is 19.3 Å². The van der Waals surface area contributed by atoms with Crippen LogP contribution in [-0.2, 0) is 6.54 Å². The van der Waals surface area contributed by atoms with Gasteiger partial charge in [-0.2, -0.15) is 5.10 Å². The van der Waals surface area contributed by atoms with E-state index in [4.69, 9.17) is 17.3 Å². The second kappa shape index (κ2) is 3.91. The number of nitrogens with two attached hydrogens (primary N) is 1.